The molecule has 5 N–H and O–H groups in total. The van der Waals surface area contributed by atoms with E-state index in [1.807, 2.05) is 0 Å². The summed E-state index contributed by atoms with van der Waals surface area (Å²) < 4.78 is 0. The van der Waals surface area contributed by atoms with Crippen LogP contribution in [0.2, 0.25) is 0 Å². The molecule has 0 bridgehead atoms. The summed E-state index contributed by atoms with van der Waals surface area (Å²) in [5, 5.41) is 20.0. The molecular weight excluding hydrogens is 216 g/mol. The Morgan fingerprint density at radius 2 is 1.94 bits per heavy atom. The van der Waals surface area contributed by atoms with Crippen molar-refractivity contribution < 1.29 is 24.6 Å². The van der Waals surface area contributed by atoms with E-state index in [1.165, 1.54) is 6.92 Å². The van der Waals surface area contributed by atoms with Gasteiger partial charge in [0.15, 0.2) is 0 Å². The molecule has 0 aromatic heterocycles. The van der Waals surface area contributed by atoms with Crippen molar-refractivity contribution in [3.63, 3.8) is 0 Å². The Morgan fingerprint density at radius 1 is 1.38 bits per heavy atom. The van der Waals surface area contributed by atoms with Gasteiger partial charge in [-0.3, -0.25) is 14.4 Å². The van der Waals surface area contributed by atoms with Crippen LogP contribution in [0.4, 0.5) is 0 Å². The Kier molecular flexibility index (Phi) is 3.48. The topological polar surface area (TPSA) is 130 Å². The van der Waals surface area contributed by atoms with Crippen molar-refractivity contribution in [3.05, 3.63) is 0 Å². The lowest BCUT2D eigenvalue weighted by Gasteiger charge is -2.04. The minimum absolute atomic E-state index is 0.151. The SMILES string of the molecule is CC(=O)NC[C@H]1[C@H](C(=O)O)[C@H]1[C@H](N)C(=O)O. The van der Waals surface area contributed by atoms with E-state index >= 15 is 0 Å². The van der Waals surface area contributed by atoms with Gasteiger partial charge < -0.3 is 21.3 Å². The molecule has 0 saturated heterocycles. The van der Waals surface area contributed by atoms with Crippen molar-refractivity contribution in [2.75, 3.05) is 6.54 Å². The molecule has 1 aliphatic carbocycles. The first-order valence-electron chi connectivity index (χ1n) is 4.82. The molecule has 1 saturated carbocycles. The van der Waals surface area contributed by atoms with Crippen LogP contribution >= 0.6 is 0 Å². The molecule has 1 fully saturated rings. The van der Waals surface area contributed by atoms with Crippen molar-refractivity contribution in [2.45, 2.75) is 13.0 Å². The summed E-state index contributed by atoms with van der Waals surface area (Å²) in [6, 6.07) is -1.19. The van der Waals surface area contributed by atoms with Gasteiger partial charge in [0.2, 0.25) is 5.91 Å². The summed E-state index contributed by atoms with van der Waals surface area (Å²) in [5.41, 5.74) is 5.37. The highest BCUT2D eigenvalue weighted by molar-refractivity contribution is 5.80. The molecule has 0 aliphatic heterocycles. The fourth-order valence-corrected chi connectivity index (χ4v) is 1.93. The number of carbonyl (C=O) groups excluding carboxylic acids is 1. The molecule has 0 spiro atoms. The van der Waals surface area contributed by atoms with Gasteiger partial charge in [-0.15, -0.1) is 0 Å². The van der Waals surface area contributed by atoms with Crippen LogP contribution in [0.5, 0.6) is 0 Å². The number of carbonyl (C=O) groups is 3. The van der Waals surface area contributed by atoms with Crippen LogP contribution in [0.15, 0.2) is 0 Å². The molecule has 4 atom stereocenters. The first kappa shape index (κ1) is 12.4. The Morgan fingerprint density at radius 3 is 2.31 bits per heavy atom. The van der Waals surface area contributed by atoms with E-state index in [0.717, 1.165) is 0 Å². The fraction of sp³-hybridized carbons (Fsp3) is 0.667. The van der Waals surface area contributed by atoms with Gasteiger partial charge in [-0.05, 0) is 5.92 Å². The molecule has 90 valence electrons. The van der Waals surface area contributed by atoms with E-state index in [2.05, 4.69) is 5.32 Å². The fourth-order valence-electron chi connectivity index (χ4n) is 1.93. The minimum atomic E-state index is -1.22. The van der Waals surface area contributed by atoms with Crippen molar-refractivity contribution in [2.24, 2.45) is 23.5 Å². The van der Waals surface area contributed by atoms with Gasteiger partial charge in [0, 0.05) is 19.4 Å². The second-order valence-corrected chi connectivity index (χ2v) is 3.91. The van der Waals surface area contributed by atoms with Gasteiger partial charge in [-0.2, -0.15) is 0 Å². The summed E-state index contributed by atoms with van der Waals surface area (Å²) in [4.78, 5) is 32.1. The number of carboxylic acid groups (broad SMARTS) is 2. The van der Waals surface area contributed by atoms with Crippen LogP contribution < -0.4 is 11.1 Å². The Labute approximate surface area is 91.6 Å². The molecule has 1 rings (SSSR count). The Balaban J connectivity index is 2.60. The maximum atomic E-state index is 10.8. The largest absolute Gasteiger partial charge is 0.481 e. The summed E-state index contributed by atoms with van der Waals surface area (Å²) in [6.45, 7) is 1.46. The summed E-state index contributed by atoms with van der Waals surface area (Å²) >= 11 is 0. The molecule has 1 aliphatic rings. The van der Waals surface area contributed by atoms with Crippen LogP contribution in [0.25, 0.3) is 0 Å². The molecule has 7 heteroatoms. The lowest BCUT2D eigenvalue weighted by molar-refractivity contribution is -0.140. The standard InChI is InChI=1S/C9H14N2O5/c1-3(12)11-2-4-5(6(4)8(13)14)7(10)9(15)16/h4-7H,2,10H2,1H3,(H,11,12)(H,13,14)(H,15,16)/t4-,5+,6+,7+/m1/s1. The predicted molar refractivity (Wildman–Crippen MR) is 52.4 cm³/mol. The summed E-state index contributed by atoms with van der Waals surface area (Å²) in [5.74, 6) is -4.36. The Bertz CT molecular complexity index is 330. The molecule has 0 radical (unpaired) electrons. The molecule has 7 nitrogen and oxygen atoms in total. The van der Waals surface area contributed by atoms with Gasteiger partial charge in [0.25, 0.3) is 0 Å². The smallest absolute Gasteiger partial charge is 0.320 e. The lowest BCUT2D eigenvalue weighted by atomic mass is 10.1. The molecule has 1 amide bonds. The van der Waals surface area contributed by atoms with Crippen molar-refractivity contribution in [1.82, 2.24) is 5.32 Å². The third-order valence-corrected chi connectivity index (χ3v) is 2.80. The molecule has 0 heterocycles. The number of nitrogens with two attached hydrogens (primary N) is 1. The zero-order valence-corrected chi connectivity index (χ0v) is 8.71. The zero-order valence-electron chi connectivity index (χ0n) is 8.71. The normalized spacial score (nSPS) is 29.2. The van der Waals surface area contributed by atoms with Crippen LogP contribution in [0, 0.1) is 17.8 Å². The van der Waals surface area contributed by atoms with Crippen molar-refractivity contribution in [1.29, 1.82) is 0 Å². The second kappa shape index (κ2) is 4.48. The van der Waals surface area contributed by atoms with Gasteiger partial charge in [-0.1, -0.05) is 0 Å². The monoisotopic (exact) mass is 230 g/mol. The first-order valence-corrected chi connectivity index (χ1v) is 4.82. The number of carboxylic acids is 2. The van der Waals surface area contributed by atoms with E-state index < -0.39 is 35.7 Å². The van der Waals surface area contributed by atoms with E-state index in [1.54, 1.807) is 0 Å². The quantitative estimate of drug-likeness (QED) is 0.454. The summed E-state index contributed by atoms with van der Waals surface area (Å²) in [7, 11) is 0. The number of hydrogen-bond donors (Lipinski definition) is 4. The van der Waals surface area contributed by atoms with E-state index in [4.69, 9.17) is 15.9 Å². The predicted octanol–water partition coefficient (Wildman–Crippen LogP) is -1.52. The second-order valence-electron chi connectivity index (χ2n) is 3.91. The number of amides is 1. The van der Waals surface area contributed by atoms with Crippen molar-refractivity contribution in [3.8, 4) is 0 Å². The Hall–Kier alpha value is -1.63. The van der Waals surface area contributed by atoms with E-state index in [9.17, 15) is 14.4 Å². The minimum Gasteiger partial charge on any atom is -0.481 e. The molecule has 0 aromatic rings. The maximum Gasteiger partial charge on any atom is 0.320 e. The average molecular weight is 230 g/mol. The highest BCUT2D eigenvalue weighted by atomic mass is 16.4. The first-order chi connectivity index (χ1) is 7.36. The maximum absolute atomic E-state index is 10.8. The van der Waals surface area contributed by atoms with Crippen LogP contribution in [0.3, 0.4) is 0 Å². The van der Waals surface area contributed by atoms with Crippen molar-refractivity contribution >= 4 is 17.8 Å². The molecular formula is C9H14N2O5. The molecule has 0 aromatic carbocycles. The van der Waals surface area contributed by atoms with Crippen LogP contribution in [-0.2, 0) is 14.4 Å². The lowest BCUT2D eigenvalue weighted by Crippen LogP contribution is -2.34. The highest BCUT2D eigenvalue weighted by Gasteiger charge is 2.59. The molecule has 16 heavy (non-hydrogen) atoms. The third kappa shape index (κ3) is 2.48. The zero-order chi connectivity index (χ0) is 12.5. The highest BCUT2D eigenvalue weighted by Crippen LogP contribution is 2.47. The van der Waals surface area contributed by atoms with Gasteiger partial charge in [0.1, 0.15) is 6.04 Å². The number of nitrogens with one attached hydrogen (secondary N) is 1. The number of aliphatic carboxylic acids is 2. The van der Waals surface area contributed by atoms with Gasteiger partial charge in [0.05, 0.1) is 5.92 Å². The van der Waals surface area contributed by atoms with E-state index in [0.29, 0.717) is 0 Å². The third-order valence-electron chi connectivity index (χ3n) is 2.80. The summed E-state index contributed by atoms with van der Waals surface area (Å²) in [6.07, 6.45) is 0. The number of hydrogen-bond acceptors (Lipinski definition) is 4. The van der Waals surface area contributed by atoms with E-state index in [-0.39, 0.29) is 12.5 Å². The van der Waals surface area contributed by atoms with Gasteiger partial charge in [-0.25, -0.2) is 0 Å². The average Bonchev–Trinajstić information content (AvgIpc) is 2.87. The number of rotatable bonds is 5. The van der Waals surface area contributed by atoms with Crippen LogP contribution in [-0.4, -0.2) is 40.6 Å². The molecule has 0 unspecified atom stereocenters. The van der Waals surface area contributed by atoms with Crippen LogP contribution in [0.1, 0.15) is 6.92 Å². The van der Waals surface area contributed by atoms with Gasteiger partial charge >= 0.3 is 11.9 Å².